The summed E-state index contributed by atoms with van der Waals surface area (Å²) in [5.41, 5.74) is 1.33. The summed E-state index contributed by atoms with van der Waals surface area (Å²) < 4.78 is 13.1. The molecule has 1 saturated heterocycles. The van der Waals surface area contributed by atoms with E-state index in [1.807, 2.05) is 0 Å². The number of amides is 4. The van der Waals surface area contributed by atoms with Crippen LogP contribution in [0.5, 0.6) is 0 Å². The Morgan fingerprint density at radius 3 is 3.04 bits per heavy atom. The molecule has 4 N–H and O–H groups in total. The first-order chi connectivity index (χ1) is 12.0. The number of H-pyrrole nitrogens is 1. The average Bonchev–Trinajstić information content (AvgIpc) is 2.88. The fraction of sp³-hybridized carbons (Fsp3) is 0.375. The maximum atomic E-state index is 13.1. The number of halogens is 1. The Morgan fingerprint density at radius 1 is 1.36 bits per heavy atom. The molecule has 8 nitrogen and oxygen atoms in total. The summed E-state index contributed by atoms with van der Waals surface area (Å²) in [4.78, 5) is 42.1. The van der Waals surface area contributed by atoms with Gasteiger partial charge in [-0.2, -0.15) is 0 Å². The molecule has 1 atom stereocenters. The van der Waals surface area contributed by atoms with Crippen molar-refractivity contribution in [2.45, 2.75) is 31.7 Å². The molecular formula is C16H18FN5O3. The molecule has 0 saturated carbocycles. The zero-order valence-electron chi connectivity index (χ0n) is 13.4. The number of aromatic amines is 1. The lowest BCUT2D eigenvalue weighted by Gasteiger charge is -2.14. The van der Waals surface area contributed by atoms with Gasteiger partial charge in [-0.05, 0) is 31.0 Å². The number of aryl methyl sites for hydroxylation is 1. The van der Waals surface area contributed by atoms with Crippen LogP contribution in [0.2, 0.25) is 0 Å². The Hall–Kier alpha value is -2.97. The normalized spacial score (nSPS) is 17.7. The quantitative estimate of drug-likeness (QED) is 0.597. The largest absolute Gasteiger partial charge is 0.354 e. The van der Waals surface area contributed by atoms with E-state index >= 15 is 0 Å². The number of hydrogen-bond donors (Lipinski definition) is 4. The van der Waals surface area contributed by atoms with E-state index in [1.54, 1.807) is 6.07 Å². The maximum Gasteiger partial charge on any atom is 0.322 e. The van der Waals surface area contributed by atoms with E-state index in [0.29, 0.717) is 36.2 Å². The van der Waals surface area contributed by atoms with Gasteiger partial charge in [0, 0.05) is 19.4 Å². The van der Waals surface area contributed by atoms with Crippen LogP contribution in [0.25, 0.3) is 11.0 Å². The van der Waals surface area contributed by atoms with Gasteiger partial charge in [0.1, 0.15) is 17.7 Å². The summed E-state index contributed by atoms with van der Waals surface area (Å²) in [5.74, 6) is -0.327. The van der Waals surface area contributed by atoms with Crippen molar-refractivity contribution in [1.82, 2.24) is 25.9 Å². The second-order valence-corrected chi connectivity index (χ2v) is 5.85. The van der Waals surface area contributed by atoms with Crippen LogP contribution in [0.3, 0.4) is 0 Å². The second kappa shape index (κ2) is 7.29. The lowest BCUT2D eigenvalue weighted by Crippen LogP contribution is -2.48. The Balaban J connectivity index is 1.46. The van der Waals surface area contributed by atoms with Gasteiger partial charge in [0.2, 0.25) is 11.8 Å². The number of carbonyl (C=O) groups is 3. The third-order valence-corrected chi connectivity index (χ3v) is 3.92. The highest BCUT2D eigenvalue weighted by atomic mass is 19.1. The SMILES string of the molecule is O=C1CCC(C(=O)NCCCc2nc3ccc(F)cc3[nH]2)NC(=O)N1. The lowest BCUT2D eigenvalue weighted by molar-refractivity contribution is -0.123. The summed E-state index contributed by atoms with van der Waals surface area (Å²) in [6.07, 6.45) is 1.60. The first-order valence-corrected chi connectivity index (χ1v) is 8.03. The van der Waals surface area contributed by atoms with Crippen LogP contribution in [-0.2, 0) is 16.0 Å². The highest BCUT2D eigenvalue weighted by Crippen LogP contribution is 2.13. The van der Waals surface area contributed by atoms with Crippen LogP contribution in [0.1, 0.15) is 25.1 Å². The highest BCUT2D eigenvalue weighted by molar-refractivity contribution is 5.98. The first kappa shape index (κ1) is 16.9. The van der Waals surface area contributed by atoms with Gasteiger partial charge in [0.15, 0.2) is 0 Å². The van der Waals surface area contributed by atoms with Gasteiger partial charge in [0.05, 0.1) is 11.0 Å². The molecule has 3 rings (SSSR count). The fourth-order valence-corrected chi connectivity index (χ4v) is 2.67. The molecule has 4 amide bonds. The number of benzene rings is 1. The smallest absolute Gasteiger partial charge is 0.322 e. The number of imide groups is 1. The third kappa shape index (κ3) is 4.31. The average molecular weight is 347 g/mol. The Labute approximate surface area is 142 Å². The minimum Gasteiger partial charge on any atom is -0.354 e. The molecule has 9 heteroatoms. The van der Waals surface area contributed by atoms with E-state index in [0.717, 1.165) is 0 Å². The van der Waals surface area contributed by atoms with Gasteiger partial charge in [-0.3, -0.25) is 14.9 Å². The van der Waals surface area contributed by atoms with Gasteiger partial charge in [-0.25, -0.2) is 14.2 Å². The van der Waals surface area contributed by atoms with Crippen molar-refractivity contribution in [2.75, 3.05) is 6.54 Å². The monoisotopic (exact) mass is 347 g/mol. The topological polar surface area (TPSA) is 116 Å². The number of hydrogen-bond acceptors (Lipinski definition) is 4. The van der Waals surface area contributed by atoms with E-state index in [1.165, 1.54) is 12.1 Å². The summed E-state index contributed by atoms with van der Waals surface area (Å²) >= 11 is 0. The van der Waals surface area contributed by atoms with Crippen molar-refractivity contribution in [2.24, 2.45) is 0 Å². The molecule has 1 aromatic heterocycles. The number of carbonyl (C=O) groups excluding carboxylic acids is 3. The van der Waals surface area contributed by atoms with Gasteiger partial charge < -0.3 is 15.6 Å². The molecule has 2 aromatic rings. The predicted octanol–water partition coefficient (Wildman–Crippen LogP) is 0.739. The van der Waals surface area contributed by atoms with Crippen LogP contribution in [0.15, 0.2) is 18.2 Å². The third-order valence-electron chi connectivity index (χ3n) is 3.92. The summed E-state index contributed by atoms with van der Waals surface area (Å²) in [6.45, 7) is 0.401. The molecule has 25 heavy (non-hydrogen) atoms. The molecule has 0 spiro atoms. The van der Waals surface area contributed by atoms with Crippen molar-refractivity contribution in [3.05, 3.63) is 29.8 Å². The number of nitrogens with zero attached hydrogens (tertiary/aromatic N) is 1. The van der Waals surface area contributed by atoms with Crippen molar-refractivity contribution >= 4 is 28.9 Å². The molecule has 132 valence electrons. The van der Waals surface area contributed by atoms with Crippen molar-refractivity contribution in [3.63, 3.8) is 0 Å². The molecule has 0 radical (unpaired) electrons. The lowest BCUT2D eigenvalue weighted by atomic mass is 10.1. The number of imidazole rings is 1. The minimum atomic E-state index is -0.722. The number of fused-ring (bicyclic) bond motifs is 1. The second-order valence-electron chi connectivity index (χ2n) is 5.85. The number of nitrogens with one attached hydrogen (secondary N) is 4. The van der Waals surface area contributed by atoms with Crippen LogP contribution >= 0.6 is 0 Å². The maximum absolute atomic E-state index is 13.1. The van der Waals surface area contributed by atoms with Crippen molar-refractivity contribution < 1.29 is 18.8 Å². The molecule has 0 bridgehead atoms. The molecule has 1 fully saturated rings. The zero-order chi connectivity index (χ0) is 17.8. The molecule has 1 unspecified atom stereocenters. The molecular weight excluding hydrogens is 329 g/mol. The van der Waals surface area contributed by atoms with Gasteiger partial charge in [0.25, 0.3) is 0 Å². The number of rotatable bonds is 5. The van der Waals surface area contributed by atoms with Crippen LogP contribution in [0, 0.1) is 5.82 Å². The molecule has 2 heterocycles. The van der Waals surface area contributed by atoms with E-state index in [9.17, 15) is 18.8 Å². The fourth-order valence-electron chi connectivity index (χ4n) is 2.67. The van der Waals surface area contributed by atoms with E-state index in [4.69, 9.17) is 0 Å². The Bertz CT molecular complexity index is 819. The number of urea groups is 1. The summed E-state index contributed by atoms with van der Waals surface area (Å²) in [7, 11) is 0. The van der Waals surface area contributed by atoms with Gasteiger partial charge >= 0.3 is 6.03 Å². The standard InChI is InChI=1S/C16H18FN5O3/c17-9-3-4-10-12(8-9)20-13(19-10)2-1-7-18-15(24)11-5-6-14(23)22-16(25)21-11/h3-4,8,11H,1-2,5-7H2,(H,18,24)(H,19,20)(H2,21,22,23,25). The van der Waals surface area contributed by atoms with Crippen LogP contribution in [-0.4, -0.2) is 40.4 Å². The first-order valence-electron chi connectivity index (χ1n) is 8.03. The number of aromatic nitrogens is 2. The highest BCUT2D eigenvalue weighted by Gasteiger charge is 2.25. The molecule has 1 aliphatic heterocycles. The van der Waals surface area contributed by atoms with E-state index < -0.39 is 18.0 Å². The van der Waals surface area contributed by atoms with E-state index in [-0.39, 0.29) is 24.6 Å². The van der Waals surface area contributed by atoms with Gasteiger partial charge in [-0.1, -0.05) is 0 Å². The van der Waals surface area contributed by atoms with Crippen LogP contribution < -0.4 is 16.0 Å². The van der Waals surface area contributed by atoms with E-state index in [2.05, 4.69) is 25.9 Å². The summed E-state index contributed by atoms with van der Waals surface area (Å²) in [5, 5.41) is 7.31. The van der Waals surface area contributed by atoms with Crippen LogP contribution in [0.4, 0.5) is 9.18 Å². The zero-order valence-corrected chi connectivity index (χ0v) is 13.4. The minimum absolute atomic E-state index is 0.117. The van der Waals surface area contributed by atoms with Crippen molar-refractivity contribution in [1.29, 1.82) is 0 Å². The molecule has 1 aliphatic rings. The summed E-state index contributed by atoms with van der Waals surface area (Å²) in [6, 6.07) is 2.97. The Morgan fingerprint density at radius 2 is 2.20 bits per heavy atom. The van der Waals surface area contributed by atoms with Crippen molar-refractivity contribution in [3.8, 4) is 0 Å². The molecule has 0 aliphatic carbocycles. The Kier molecular flexibility index (Phi) is 4.92. The van der Waals surface area contributed by atoms with Gasteiger partial charge in [-0.15, -0.1) is 0 Å². The predicted molar refractivity (Wildman–Crippen MR) is 87.1 cm³/mol. The molecule has 1 aromatic carbocycles.